The number of carbonyl (C=O) groups is 3. The number of urea groups is 1. The van der Waals surface area contributed by atoms with Crippen molar-refractivity contribution >= 4 is 52.2 Å². The first-order valence-electron chi connectivity index (χ1n) is 7.48. The van der Waals surface area contributed by atoms with E-state index in [4.69, 9.17) is 0 Å². The van der Waals surface area contributed by atoms with E-state index in [2.05, 4.69) is 33.2 Å². The largest absolute Gasteiger partial charge is 0.329 e. The van der Waals surface area contributed by atoms with E-state index in [1.807, 2.05) is 30.3 Å². The van der Waals surface area contributed by atoms with Gasteiger partial charge in [0, 0.05) is 9.26 Å². The molecule has 0 radical (unpaired) electrons. The molecule has 0 aromatic heterocycles. The van der Waals surface area contributed by atoms with Crippen LogP contribution >= 0.6 is 22.6 Å². The zero-order valence-electron chi connectivity index (χ0n) is 13.0. The molecule has 0 bridgehead atoms. The molecule has 7 heteroatoms. The maximum atomic E-state index is 12.4. The lowest BCUT2D eigenvalue weighted by molar-refractivity contribution is -0.127. The van der Waals surface area contributed by atoms with E-state index >= 15 is 0 Å². The molecule has 2 aromatic carbocycles. The van der Waals surface area contributed by atoms with Crippen molar-refractivity contribution in [3.8, 4) is 0 Å². The van der Waals surface area contributed by atoms with Crippen molar-refractivity contribution in [1.29, 1.82) is 0 Å². The van der Waals surface area contributed by atoms with Crippen LogP contribution < -0.4 is 10.6 Å². The normalized spacial score (nSPS) is 15.4. The number of benzene rings is 2. The van der Waals surface area contributed by atoms with Crippen LogP contribution in [0.5, 0.6) is 0 Å². The zero-order chi connectivity index (χ0) is 17.8. The summed E-state index contributed by atoms with van der Waals surface area (Å²) in [6, 6.07) is 15.7. The van der Waals surface area contributed by atoms with Gasteiger partial charge in [0.2, 0.25) is 5.91 Å². The molecule has 1 saturated heterocycles. The maximum Gasteiger partial charge on any atom is 0.329 e. The van der Waals surface area contributed by atoms with Crippen LogP contribution in [0.15, 0.2) is 60.3 Å². The van der Waals surface area contributed by atoms with Crippen LogP contribution in [0.2, 0.25) is 0 Å². The first-order chi connectivity index (χ1) is 12.0. The molecule has 4 amide bonds. The number of rotatable bonds is 4. The second kappa shape index (κ2) is 7.47. The van der Waals surface area contributed by atoms with Gasteiger partial charge >= 0.3 is 6.03 Å². The van der Waals surface area contributed by atoms with Gasteiger partial charge in [-0.3, -0.25) is 9.59 Å². The van der Waals surface area contributed by atoms with Crippen LogP contribution in [0.4, 0.5) is 10.5 Å². The van der Waals surface area contributed by atoms with Gasteiger partial charge in [-0.05, 0) is 52.4 Å². The second-order valence-electron chi connectivity index (χ2n) is 5.32. The van der Waals surface area contributed by atoms with Crippen LogP contribution in [-0.4, -0.2) is 29.3 Å². The van der Waals surface area contributed by atoms with Gasteiger partial charge in [0.25, 0.3) is 5.91 Å². The number of amides is 4. The monoisotopic (exact) mass is 447 g/mol. The Hall–Kier alpha value is -2.68. The Morgan fingerprint density at radius 3 is 2.48 bits per heavy atom. The van der Waals surface area contributed by atoms with Gasteiger partial charge in [-0.2, -0.15) is 0 Å². The van der Waals surface area contributed by atoms with Crippen LogP contribution in [0.25, 0.3) is 6.08 Å². The average molecular weight is 447 g/mol. The molecule has 0 saturated carbocycles. The summed E-state index contributed by atoms with van der Waals surface area (Å²) in [5.74, 6) is -0.960. The van der Waals surface area contributed by atoms with Crippen molar-refractivity contribution in [3.63, 3.8) is 0 Å². The fourth-order valence-corrected chi connectivity index (χ4v) is 2.87. The van der Waals surface area contributed by atoms with Gasteiger partial charge in [-0.25, -0.2) is 9.69 Å². The summed E-state index contributed by atoms with van der Waals surface area (Å²) in [7, 11) is 0. The van der Waals surface area contributed by atoms with Crippen LogP contribution in [0, 0.1) is 3.57 Å². The molecule has 0 spiro atoms. The number of hydrogen-bond acceptors (Lipinski definition) is 3. The van der Waals surface area contributed by atoms with Crippen molar-refractivity contribution < 1.29 is 14.4 Å². The van der Waals surface area contributed by atoms with Gasteiger partial charge < -0.3 is 10.6 Å². The van der Waals surface area contributed by atoms with Gasteiger partial charge in [0.15, 0.2) is 0 Å². The number of nitrogens with one attached hydrogen (secondary N) is 2. The van der Waals surface area contributed by atoms with Gasteiger partial charge in [0.05, 0.1) is 0 Å². The van der Waals surface area contributed by atoms with Crippen LogP contribution in [0.3, 0.4) is 0 Å². The van der Waals surface area contributed by atoms with E-state index in [1.54, 1.807) is 30.3 Å². The molecule has 0 atom stereocenters. The lowest BCUT2D eigenvalue weighted by Crippen LogP contribution is -2.38. The summed E-state index contributed by atoms with van der Waals surface area (Å²) >= 11 is 2.15. The molecule has 1 fully saturated rings. The summed E-state index contributed by atoms with van der Waals surface area (Å²) in [6.07, 6.45) is 1.61. The van der Waals surface area contributed by atoms with Crippen LogP contribution in [-0.2, 0) is 9.59 Å². The molecule has 1 heterocycles. The third kappa shape index (κ3) is 4.05. The molecule has 6 nitrogen and oxygen atoms in total. The van der Waals surface area contributed by atoms with Crippen molar-refractivity contribution in [2.24, 2.45) is 0 Å². The minimum absolute atomic E-state index is 0.154. The lowest BCUT2D eigenvalue weighted by atomic mass is 10.2. The van der Waals surface area contributed by atoms with E-state index in [1.165, 1.54) is 0 Å². The first-order valence-corrected chi connectivity index (χ1v) is 8.56. The predicted octanol–water partition coefficient (Wildman–Crippen LogP) is 2.82. The lowest BCUT2D eigenvalue weighted by Gasteiger charge is -2.11. The molecule has 2 N–H and O–H groups in total. The van der Waals surface area contributed by atoms with Gasteiger partial charge in [0.1, 0.15) is 12.2 Å². The topological polar surface area (TPSA) is 78.5 Å². The van der Waals surface area contributed by atoms with Gasteiger partial charge in [-0.15, -0.1) is 0 Å². The standard InChI is InChI=1S/C18H14IN3O3/c19-14-9-5-4-6-12(14)10-15-17(24)22(18(25)21-15)11-16(23)20-13-7-2-1-3-8-13/h1-10H,11H2,(H,20,23)(H,21,25). The predicted molar refractivity (Wildman–Crippen MR) is 102 cm³/mol. The molecular weight excluding hydrogens is 433 g/mol. The Bertz CT molecular complexity index is 865. The summed E-state index contributed by atoms with van der Waals surface area (Å²) < 4.78 is 0.954. The van der Waals surface area contributed by atoms with E-state index in [0.29, 0.717) is 5.69 Å². The quantitative estimate of drug-likeness (QED) is 0.430. The third-order valence-corrected chi connectivity index (χ3v) is 4.51. The summed E-state index contributed by atoms with van der Waals surface area (Å²) in [5.41, 5.74) is 1.58. The molecule has 3 rings (SSSR count). The fourth-order valence-electron chi connectivity index (χ4n) is 2.33. The number of anilines is 1. The molecule has 126 valence electrons. The number of halogens is 1. The highest BCUT2D eigenvalue weighted by molar-refractivity contribution is 14.1. The highest BCUT2D eigenvalue weighted by Crippen LogP contribution is 2.18. The second-order valence-corrected chi connectivity index (χ2v) is 6.48. The highest BCUT2D eigenvalue weighted by Gasteiger charge is 2.34. The summed E-state index contributed by atoms with van der Waals surface area (Å²) in [6.45, 7) is -0.344. The Balaban J connectivity index is 1.71. The van der Waals surface area contributed by atoms with Crippen molar-refractivity contribution in [2.45, 2.75) is 0 Å². The molecule has 0 unspecified atom stereocenters. The molecule has 1 aliphatic heterocycles. The number of nitrogens with zero attached hydrogens (tertiary/aromatic N) is 1. The Morgan fingerprint density at radius 1 is 1.08 bits per heavy atom. The van der Waals surface area contributed by atoms with E-state index in [9.17, 15) is 14.4 Å². The summed E-state index contributed by atoms with van der Waals surface area (Å²) in [4.78, 5) is 37.4. The zero-order valence-corrected chi connectivity index (χ0v) is 15.2. The molecule has 2 aromatic rings. The van der Waals surface area contributed by atoms with Gasteiger partial charge in [-0.1, -0.05) is 36.4 Å². The van der Waals surface area contributed by atoms with Crippen molar-refractivity contribution in [2.75, 3.05) is 11.9 Å². The van der Waals surface area contributed by atoms with Crippen molar-refractivity contribution in [1.82, 2.24) is 10.2 Å². The molecule has 0 aliphatic carbocycles. The third-order valence-electron chi connectivity index (χ3n) is 3.53. The minimum Gasteiger partial charge on any atom is -0.325 e. The van der Waals surface area contributed by atoms with Crippen LogP contribution in [0.1, 0.15) is 5.56 Å². The number of hydrogen-bond donors (Lipinski definition) is 2. The Morgan fingerprint density at radius 2 is 1.76 bits per heavy atom. The Kier molecular flexibility index (Phi) is 5.13. The molecule has 25 heavy (non-hydrogen) atoms. The summed E-state index contributed by atoms with van der Waals surface area (Å²) in [5, 5.41) is 5.16. The Labute approximate surface area is 158 Å². The first kappa shape index (κ1) is 17.2. The number of imide groups is 1. The number of para-hydroxylation sites is 1. The van der Waals surface area contributed by atoms with E-state index in [0.717, 1.165) is 14.0 Å². The highest BCUT2D eigenvalue weighted by atomic mass is 127. The average Bonchev–Trinajstić information content (AvgIpc) is 2.85. The van der Waals surface area contributed by atoms with E-state index in [-0.39, 0.29) is 12.2 Å². The smallest absolute Gasteiger partial charge is 0.325 e. The van der Waals surface area contributed by atoms with E-state index < -0.39 is 17.8 Å². The number of carbonyl (C=O) groups excluding carboxylic acids is 3. The SMILES string of the molecule is O=C(CN1C(=O)NC(=Cc2ccccc2I)C1=O)Nc1ccccc1. The molecular formula is C18H14IN3O3. The maximum absolute atomic E-state index is 12.4. The fraction of sp³-hybridized carbons (Fsp3) is 0.0556. The molecule has 1 aliphatic rings. The van der Waals surface area contributed by atoms with Crippen molar-refractivity contribution in [3.05, 3.63) is 69.4 Å². The minimum atomic E-state index is -0.606.